The summed E-state index contributed by atoms with van der Waals surface area (Å²) in [7, 11) is 0. The molecule has 0 aliphatic heterocycles. The molecule has 0 bridgehead atoms. The molecule has 1 amide bonds. The number of hydrogen-bond donors (Lipinski definition) is 3. The van der Waals surface area contributed by atoms with Gasteiger partial charge in [-0.15, -0.1) is 0 Å². The van der Waals surface area contributed by atoms with E-state index >= 15 is 0 Å². The highest BCUT2D eigenvalue weighted by Crippen LogP contribution is 2.26. The first-order valence-corrected chi connectivity index (χ1v) is 7.03. The molecule has 0 heterocycles. The summed E-state index contributed by atoms with van der Waals surface area (Å²) in [5, 5.41) is 21.3. The fourth-order valence-electron chi connectivity index (χ4n) is 2.10. The molecule has 3 N–H and O–H groups in total. The Balaban J connectivity index is 2.01. The van der Waals surface area contributed by atoms with Crippen molar-refractivity contribution < 1.29 is 24.5 Å². The van der Waals surface area contributed by atoms with Crippen LogP contribution in [0.5, 0.6) is 5.75 Å². The van der Waals surface area contributed by atoms with Crippen LogP contribution < -0.4 is 5.32 Å². The van der Waals surface area contributed by atoms with E-state index in [4.69, 9.17) is 9.84 Å². The number of carbonyl (C=O) groups excluding carboxylic acids is 1. The first-order chi connectivity index (χ1) is 11.1. The van der Waals surface area contributed by atoms with Crippen molar-refractivity contribution in [2.75, 3.05) is 0 Å². The third-order valence-electron chi connectivity index (χ3n) is 3.20. The van der Waals surface area contributed by atoms with Crippen LogP contribution in [-0.2, 0) is 16.1 Å². The van der Waals surface area contributed by atoms with Crippen molar-refractivity contribution in [3.8, 4) is 5.75 Å². The zero-order chi connectivity index (χ0) is 16.7. The zero-order valence-electron chi connectivity index (χ0n) is 12.3. The van der Waals surface area contributed by atoms with Crippen LogP contribution in [0.25, 0.3) is 0 Å². The van der Waals surface area contributed by atoms with E-state index < -0.39 is 18.1 Å². The van der Waals surface area contributed by atoms with Crippen molar-refractivity contribution in [3.63, 3.8) is 0 Å². The Labute approximate surface area is 133 Å². The number of rotatable bonds is 6. The minimum absolute atomic E-state index is 0.0766. The van der Waals surface area contributed by atoms with Crippen LogP contribution in [0.3, 0.4) is 0 Å². The van der Waals surface area contributed by atoms with Crippen molar-refractivity contribution in [1.29, 1.82) is 0 Å². The van der Waals surface area contributed by atoms with Gasteiger partial charge in [0.15, 0.2) is 0 Å². The minimum Gasteiger partial charge on any atom is -0.508 e. The summed E-state index contributed by atoms with van der Waals surface area (Å²) >= 11 is 0. The molecule has 0 spiro atoms. The standard InChI is InChI=1S/C17H17NO5/c19-15-9-5-4-8-13(15)14(10-16(20)21)18-17(22)23-11-12-6-2-1-3-7-12/h1-9,14,19H,10-11H2,(H,18,22)(H,20,21)/t14-/m1/s1. The van der Waals surface area contributed by atoms with Gasteiger partial charge in [0.2, 0.25) is 0 Å². The normalized spacial score (nSPS) is 11.5. The lowest BCUT2D eigenvalue weighted by Crippen LogP contribution is -2.30. The van der Waals surface area contributed by atoms with Crippen molar-refractivity contribution in [3.05, 3.63) is 65.7 Å². The minimum atomic E-state index is -1.10. The Bertz CT molecular complexity index is 672. The number of benzene rings is 2. The lowest BCUT2D eigenvalue weighted by atomic mass is 10.0. The number of aliphatic carboxylic acids is 1. The van der Waals surface area contributed by atoms with E-state index in [1.807, 2.05) is 30.3 Å². The molecule has 6 nitrogen and oxygen atoms in total. The molecular weight excluding hydrogens is 298 g/mol. The number of nitrogens with one attached hydrogen (secondary N) is 1. The summed E-state index contributed by atoms with van der Waals surface area (Å²) in [5.41, 5.74) is 1.14. The van der Waals surface area contributed by atoms with E-state index in [1.165, 1.54) is 6.07 Å². The average Bonchev–Trinajstić information content (AvgIpc) is 2.53. The van der Waals surface area contributed by atoms with Crippen LogP contribution in [0.2, 0.25) is 0 Å². The molecule has 0 fully saturated rings. The molecule has 2 aromatic carbocycles. The summed E-state index contributed by atoms with van der Waals surface area (Å²) in [6.07, 6.45) is -1.11. The highest BCUT2D eigenvalue weighted by atomic mass is 16.5. The maximum Gasteiger partial charge on any atom is 0.407 e. The molecule has 1 atom stereocenters. The van der Waals surface area contributed by atoms with Gasteiger partial charge in [0.1, 0.15) is 12.4 Å². The molecule has 0 aliphatic carbocycles. The van der Waals surface area contributed by atoms with Gasteiger partial charge in [0.25, 0.3) is 0 Å². The first kappa shape index (κ1) is 16.4. The predicted molar refractivity (Wildman–Crippen MR) is 82.9 cm³/mol. The number of phenolic OH excluding ortho intramolecular Hbond substituents is 1. The lowest BCUT2D eigenvalue weighted by molar-refractivity contribution is -0.137. The summed E-state index contributed by atoms with van der Waals surface area (Å²) in [6.45, 7) is 0.0766. The maximum atomic E-state index is 11.9. The van der Waals surface area contributed by atoms with Gasteiger partial charge in [-0.1, -0.05) is 48.5 Å². The smallest absolute Gasteiger partial charge is 0.407 e. The van der Waals surface area contributed by atoms with Crippen LogP contribution in [0, 0.1) is 0 Å². The first-order valence-electron chi connectivity index (χ1n) is 7.03. The number of para-hydroxylation sites is 1. The Morgan fingerprint density at radius 2 is 1.70 bits per heavy atom. The molecule has 23 heavy (non-hydrogen) atoms. The van der Waals surface area contributed by atoms with E-state index in [9.17, 15) is 14.7 Å². The number of alkyl carbamates (subject to hydrolysis) is 1. The second kappa shape index (κ2) is 7.84. The third kappa shape index (κ3) is 5.03. The number of aromatic hydroxyl groups is 1. The number of phenols is 1. The summed E-state index contributed by atoms with van der Waals surface area (Å²) < 4.78 is 5.08. The topological polar surface area (TPSA) is 95.9 Å². The third-order valence-corrected chi connectivity index (χ3v) is 3.20. The van der Waals surface area contributed by atoms with E-state index in [1.54, 1.807) is 18.2 Å². The Morgan fingerprint density at radius 3 is 2.35 bits per heavy atom. The maximum absolute atomic E-state index is 11.9. The molecule has 6 heteroatoms. The molecule has 0 unspecified atom stereocenters. The van der Waals surface area contributed by atoms with E-state index in [2.05, 4.69) is 5.32 Å². The molecule has 2 aromatic rings. The Hall–Kier alpha value is -3.02. The van der Waals surface area contributed by atoms with Crippen LogP contribution in [0.15, 0.2) is 54.6 Å². The van der Waals surface area contributed by atoms with Gasteiger partial charge in [0, 0.05) is 5.56 Å². The largest absolute Gasteiger partial charge is 0.508 e. The molecule has 2 rings (SSSR count). The molecule has 0 radical (unpaired) electrons. The highest BCUT2D eigenvalue weighted by molar-refractivity contribution is 5.72. The SMILES string of the molecule is O=C(O)C[C@@H](NC(=O)OCc1ccccc1)c1ccccc1O. The number of carboxylic acids is 1. The van der Waals surface area contributed by atoms with E-state index in [0.29, 0.717) is 5.56 Å². The van der Waals surface area contributed by atoms with Gasteiger partial charge in [0.05, 0.1) is 12.5 Å². The van der Waals surface area contributed by atoms with Gasteiger partial charge in [-0.25, -0.2) is 4.79 Å². The molecular formula is C17H17NO5. The van der Waals surface area contributed by atoms with Gasteiger partial charge in [-0.2, -0.15) is 0 Å². The number of carbonyl (C=O) groups is 2. The summed E-state index contributed by atoms with van der Waals surface area (Å²) in [4.78, 5) is 22.9. The molecule has 0 saturated heterocycles. The van der Waals surface area contributed by atoms with Crippen LogP contribution in [-0.4, -0.2) is 22.3 Å². The lowest BCUT2D eigenvalue weighted by Gasteiger charge is -2.18. The summed E-state index contributed by atoms with van der Waals surface area (Å²) in [5.74, 6) is -1.18. The van der Waals surface area contributed by atoms with Gasteiger partial charge in [-0.3, -0.25) is 4.79 Å². The summed E-state index contributed by atoms with van der Waals surface area (Å²) in [6, 6.07) is 14.5. The fraction of sp³-hybridized carbons (Fsp3) is 0.176. The predicted octanol–water partition coefficient (Wildman–Crippen LogP) is 2.83. The van der Waals surface area contributed by atoms with Crippen molar-refractivity contribution >= 4 is 12.1 Å². The number of carboxylic acid groups (broad SMARTS) is 1. The van der Waals surface area contributed by atoms with E-state index in [-0.39, 0.29) is 18.8 Å². The average molecular weight is 315 g/mol. The molecule has 120 valence electrons. The van der Waals surface area contributed by atoms with Crippen LogP contribution in [0.4, 0.5) is 4.79 Å². The number of amides is 1. The zero-order valence-corrected chi connectivity index (χ0v) is 12.3. The molecule has 0 aliphatic rings. The van der Waals surface area contributed by atoms with E-state index in [0.717, 1.165) is 5.56 Å². The fourth-order valence-corrected chi connectivity index (χ4v) is 2.10. The van der Waals surface area contributed by atoms with Crippen molar-refractivity contribution in [2.45, 2.75) is 19.1 Å². The Morgan fingerprint density at radius 1 is 1.04 bits per heavy atom. The van der Waals surface area contributed by atoms with Crippen LogP contribution in [0.1, 0.15) is 23.6 Å². The van der Waals surface area contributed by atoms with Gasteiger partial charge < -0.3 is 20.3 Å². The molecule has 0 aromatic heterocycles. The quantitative estimate of drug-likeness (QED) is 0.762. The second-order valence-corrected chi connectivity index (χ2v) is 4.92. The van der Waals surface area contributed by atoms with Crippen molar-refractivity contribution in [1.82, 2.24) is 5.32 Å². The van der Waals surface area contributed by atoms with Gasteiger partial charge in [-0.05, 0) is 11.6 Å². The highest BCUT2D eigenvalue weighted by Gasteiger charge is 2.21. The Kier molecular flexibility index (Phi) is 5.57. The monoisotopic (exact) mass is 315 g/mol. The molecule has 0 saturated carbocycles. The van der Waals surface area contributed by atoms with Crippen LogP contribution >= 0.6 is 0 Å². The number of hydrogen-bond acceptors (Lipinski definition) is 4. The van der Waals surface area contributed by atoms with Gasteiger partial charge >= 0.3 is 12.1 Å². The van der Waals surface area contributed by atoms with Crippen molar-refractivity contribution in [2.24, 2.45) is 0 Å². The number of ether oxygens (including phenoxy) is 1. The second-order valence-electron chi connectivity index (χ2n) is 4.92.